The molecule has 0 rings (SSSR count). The summed E-state index contributed by atoms with van der Waals surface area (Å²) in [6.07, 6.45) is 10.6. The fraction of sp³-hybridized carbons (Fsp3) is 1.00. The molecule has 2 N–H and O–H groups in total. The van der Waals surface area contributed by atoms with Crippen LogP contribution in [0.15, 0.2) is 0 Å². The summed E-state index contributed by atoms with van der Waals surface area (Å²) in [5.74, 6) is 0.0850. The molecule has 0 saturated heterocycles. The minimum Gasteiger partial charge on any atom is -0.324 e. The Bertz CT molecular complexity index is 293. The minimum absolute atomic E-state index is 0. The van der Waals surface area contributed by atoms with Gasteiger partial charge in [0.15, 0.2) is 0 Å². The third-order valence-corrected chi connectivity index (χ3v) is 6.75. The zero-order valence-corrected chi connectivity index (χ0v) is 18.5. The second-order valence-electron chi connectivity index (χ2n) is 6.46. The van der Waals surface area contributed by atoms with Gasteiger partial charge in [0.05, 0.1) is 5.16 Å². The first-order valence-corrected chi connectivity index (χ1v) is 9.96. The van der Waals surface area contributed by atoms with Gasteiger partial charge in [-0.05, 0) is 25.7 Å². The van der Waals surface area contributed by atoms with E-state index in [-0.39, 0.29) is 46.8 Å². The van der Waals surface area contributed by atoms with Crippen molar-refractivity contribution < 1.29 is 55.2 Å². The Hall–Kier alpha value is 1.50. The minimum atomic E-state index is -4.05. The van der Waals surface area contributed by atoms with Crippen LogP contribution in [0.4, 0.5) is 0 Å². The molecule has 0 aliphatic heterocycles. The zero-order chi connectivity index (χ0) is 15.6. The van der Waals surface area contributed by atoms with E-state index in [0.717, 1.165) is 38.5 Å². The predicted octanol–water partition coefficient (Wildman–Crippen LogP) is 5.50. The Morgan fingerprint density at radius 3 is 1.86 bits per heavy atom. The first-order chi connectivity index (χ1) is 9.29. The fourth-order valence-electron chi connectivity index (χ4n) is 2.78. The molecule has 0 aliphatic carbocycles. The third-order valence-electron chi connectivity index (χ3n) is 4.75. The van der Waals surface area contributed by atoms with Crippen molar-refractivity contribution >= 4 is 7.60 Å². The molecule has 3 nitrogen and oxygen atoms in total. The Morgan fingerprint density at radius 2 is 1.43 bits per heavy atom. The van der Waals surface area contributed by atoms with Crippen molar-refractivity contribution in [2.45, 2.75) is 97.1 Å². The van der Waals surface area contributed by atoms with Gasteiger partial charge in [-0.1, -0.05) is 72.1 Å². The molecular formula is C16H35NdO3P. The van der Waals surface area contributed by atoms with E-state index in [9.17, 15) is 14.4 Å². The maximum absolute atomic E-state index is 11.9. The number of unbranched alkanes of at least 4 members (excludes halogenated alkanes) is 6. The molecule has 2 atom stereocenters. The fourth-order valence-corrected chi connectivity index (χ4v) is 3.93. The summed E-state index contributed by atoms with van der Waals surface area (Å²) >= 11 is 0. The Labute approximate surface area is 164 Å². The maximum atomic E-state index is 11.9. The zero-order valence-electron chi connectivity index (χ0n) is 14.4. The molecular weight excluding hydrogens is 415 g/mol. The summed E-state index contributed by atoms with van der Waals surface area (Å²) < 4.78 is 11.9. The molecule has 0 aromatic heterocycles. The predicted molar refractivity (Wildman–Crippen MR) is 87.1 cm³/mol. The van der Waals surface area contributed by atoms with E-state index >= 15 is 0 Å². The standard InChI is InChI=1S/C16H35O3P.Nd/c1-5-7-9-11-13-15(3)16(4,20(17,18)19)14-12-10-8-6-2;/h15H,5-14H2,1-4H3,(H2,17,18,19);. The van der Waals surface area contributed by atoms with Crippen LogP contribution in [-0.2, 0) is 4.57 Å². The van der Waals surface area contributed by atoms with Gasteiger partial charge in [0.25, 0.3) is 0 Å². The van der Waals surface area contributed by atoms with Crippen LogP contribution in [0.3, 0.4) is 0 Å². The summed E-state index contributed by atoms with van der Waals surface area (Å²) in [7, 11) is -4.05. The van der Waals surface area contributed by atoms with Crippen LogP contribution in [-0.4, -0.2) is 14.9 Å². The van der Waals surface area contributed by atoms with Gasteiger partial charge < -0.3 is 9.79 Å². The first kappa shape index (κ1) is 24.7. The van der Waals surface area contributed by atoms with Crippen LogP contribution in [0.5, 0.6) is 0 Å². The molecule has 5 heteroatoms. The molecule has 0 radical (unpaired) electrons. The largest absolute Gasteiger partial charge is 0.331 e. The molecule has 0 fully saturated rings. The van der Waals surface area contributed by atoms with Crippen molar-refractivity contribution in [3.05, 3.63) is 0 Å². The van der Waals surface area contributed by atoms with Crippen molar-refractivity contribution in [1.29, 1.82) is 0 Å². The maximum Gasteiger partial charge on any atom is 0.331 e. The van der Waals surface area contributed by atoms with Gasteiger partial charge >= 0.3 is 7.60 Å². The topological polar surface area (TPSA) is 57.5 Å². The van der Waals surface area contributed by atoms with Crippen molar-refractivity contribution in [1.82, 2.24) is 0 Å². The Morgan fingerprint density at radius 1 is 0.952 bits per heavy atom. The van der Waals surface area contributed by atoms with Crippen LogP contribution in [0.1, 0.15) is 91.9 Å². The van der Waals surface area contributed by atoms with Crippen LogP contribution in [0.25, 0.3) is 0 Å². The molecule has 0 bridgehead atoms. The molecule has 126 valence electrons. The van der Waals surface area contributed by atoms with E-state index in [1.54, 1.807) is 6.92 Å². The molecule has 0 aromatic rings. The van der Waals surface area contributed by atoms with Crippen molar-refractivity contribution in [2.24, 2.45) is 5.92 Å². The van der Waals surface area contributed by atoms with Crippen LogP contribution in [0.2, 0.25) is 0 Å². The third kappa shape index (κ3) is 9.39. The molecule has 0 spiro atoms. The summed E-state index contributed by atoms with van der Waals surface area (Å²) in [6, 6.07) is 0. The van der Waals surface area contributed by atoms with Crippen molar-refractivity contribution in [3.63, 3.8) is 0 Å². The van der Waals surface area contributed by atoms with Gasteiger partial charge in [0.2, 0.25) is 0 Å². The Kier molecular flexibility index (Phi) is 15.2. The molecule has 0 heterocycles. The normalized spacial score (nSPS) is 16.1. The molecule has 21 heavy (non-hydrogen) atoms. The van der Waals surface area contributed by atoms with E-state index in [4.69, 9.17) is 0 Å². The first-order valence-electron chi connectivity index (χ1n) is 8.35. The van der Waals surface area contributed by atoms with E-state index in [1.165, 1.54) is 19.3 Å². The van der Waals surface area contributed by atoms with Crippen molar-refractivity contribution in [2.75, 3.05) is 0 Å². The molecule has 0 amide bonds. The van der Waals surface area contributed by atoms with E-state index < -0.39 is 12.8 Å². The van der Waals surface area contributed by atoms with Gasteiger partial charge in [0.1, 0.15) is 0 Å². The second-order valence-corrected chi connectivity index (χ2v) is 8.57. The van der Waals surface area contributed by atoms with Crippen molar-refractivity contribution in [3.8, 4) is 0 Å². The van der Waals surface area contributed by atoms with Crippen LogP contribution >= 0.6 is 7.60 Å². The molecule has 0 aliphatic rings. The summed E-state index contributed by atoms with van der Waals surface area (Å²) in [6.45, 7) is 8.14. The summed E-state index contributed by atoms with van der Waals surface area (Å²) in [5.41, 5.74) is 0. The average molecular weight is 451 g/mol. The quantitative estimate of drug-likeness (QED) is 0.305. The van der Waals surface area contributed by atoms with Gasteiger partial charge in [-0.2, -0.15) is 0 Å². The molecule has 0 saturated carbocycles. The van der Waals surface area contributed by atoms with E-state index in [1.807, 2.05) is 6.92 Å². The van der Waals surface area contributed by atoms with Gasteiger partial charge in [-0.25, -0.2) is 0 Å². The molecule has 2 unspecified atom stereocenters. The SMILES string of the molecule is CCCCCCC(C)C(C)(CCCCCC)P(=O)(O)O.[Nd]. The van der Waals surface area contributed by atoms with Crippen LogP contribution < -0.4 is 0 Å². The smallest absolute Gasteiger partial charge is 0.324 e. The summed E-state index contributed by atoms with van der Waals surface area (Å²) in [4.78, 5) is 19.6. The van der Waals surface area contributed by atoms with Crippen LogP contribution in [0, 0.1) is 46.8 Å². The van der Waals surface area contributed by atoms with Gasteiger partial charge in [-0.15, -0.1) is 0 Å². The Balaban J connectivity index is 0. The van der Waals surface area contributed by atoms with Gasteiger partial charge in [-0.3, -0.25) is 4.57 Å². The monoisotopic (exact) mass is 448 g/mol. The number of hydrogen-bond donors (Lipinski definition) is 2. The van der Waals surface area contributed by atoms with E-state index in [2.05, 4.69) is 13.8 Å². The molecule has 0 aromatic carbocycles. The average Bonchev–Trinajstić information content (AvgIpc) is 2.38. The van der Waals surface area contributed by atoms with E-state index in [0.29, 0.717) is 6.42 Å². The number of rotatable bonds is 12. The second kappa shape index (κ2) is 12.9. The summed E-state index contributed by atoms with van der Waals surface area (Å²) in [5, 5.41) is -0.840. The van der Waals surface area contributed by atoms with Gasteiger partial charge in [0, 0.05) is 40.8 Å². The number of hydrogen-bond acceptors (Lipinski definition) is 1.